The normalized spacial score (nSPS) is 16.0. The number of rotatable bonds is 3. The molecule has 1 aliphatic carbocycles. The average molecular weight is 436 g/mol. The highest BCUT2D eigenvalue weighted by atomic mass is 79.9. The van der Waals surface area contributed by atoms with Crippen LogP contribution in [0.3, 0.4) is 0 Å². The number of aliphatic hydroxyl groups is 1. The molecule has 0 atom stereocenters. The topological polar surface area (TPSA) is 49.8 Å². The van der Waals surface area contributed by atoms with Crippen LogP contribution in [0.2, 0.25) is 0 Å². The molecule has 0 aromatic heterocycles. The number of hydrogen-bond acceptors (Lipinski definition) is 3. The molecule has 2 aromatic rings. The van der Waals surface area contributed by atoms with Gasteiger partial charge in [0.2, 0.25) is 0 Å². The van der Waals surface area contributed by atoms with Crippen LogP contribution in [0.1, 0.15) is 54.1 Å². The van der Waals surface area contributed by atoms with Crippen molar-refractivity contribution in [2.75, 3.05) is 18.1 Å². The second-order valence-electron chi connectivity index (χ2n) is 6.35. The molecule has 0 bridgehead atoms. The maximum absolute atomic E-state index is 14.7. The third-order valence-electron chi connectivity index (χ3n) is 4.70. The van der Waals surface area contributed by atoms with Gasteiger partial charge in [-0.2, -0.15) is 0 Å². The molecule has 2 aliphatic rings. The van der Waals surface area contributed by atoms with E-state index in [9.17, 15) is 14.3 Å². The van der Waals surface area contributed by atoms with Crippen molar-refractivity contribution in [2.24, 2.45) is 0 Å². The molecule has 2 aromatic carbocycles. The summed E-state index contributed by atoms with van der Waals surface area (Å²) in [5, 5.41) is 9.67. The average Bonchev–Trinajstić information content (AvgIpc) is 3.51. The molecule has 4 rings (SSSR count). The molecule has 1 aliphatic heterocycles. The molecule has 0 radical (unpaired) electrons. The zero-order chi connectivity index (χ0) is 19.6. The summed E-state index contributed by atoms with van der Waals surface area (Å²) in [6.07, 6.45) is 2.10. The van der Waals surface area contributed by atoms with Crippen LogP contribution in [0.5, 0.6) is 5.75 Å². The van der Waals surface area contributed by atoms with Gasteiger partial charge in [-0.05, 0) is 48.6 Å². The summed E-state index contributed by atoms with van der Waals surface area (Å²) in [4.78, 5) is 14.5. The Morgan fingerprint density at radius 1 is 1.30 bits per heavy atom. The molecule has 0 spiro atoms. The van der Waals surface area contributed by atoms with Crippen LogP contribution >= 0.6 is 15.9 Å². The van der Waals surface area contributed by atoms with Crippen LogP contribution in [0.15, 0.2) is 34.8 Å². The Bertz CT molecular complexity index is 852. The standard InChI is InChI=1S/C19H17BrFNO3.C2H6/c20-14-2-1-3-16(13(14)10-23)22-6-7-25-17-9-12(11-4-5-11)8-15(21)18(17)19(22)24;1-2/h1-3,8-9,11,23H,4-7,10H2;1-2H3. The van der Waals surface area contributed by atoms with Crippen molar-refractivity contribution in [1.29, 1.82) is 0 Å². The molecule has 0 unspecified atom stereocenters. The van der Waals surface area contributed by atoms with E-state index in [2.05, 4.69) is 15.9 Å². The van der Waals surface area contributed by atoms with E-state index in [-0.39, 0.29) is 25.3 Å². The molecule has 1 N–H and O–H groups in total. The van der Waals surface area contributed by atoms with Gasteiger partial charge in [-0.15, -0.1) is 0 Å². The molecule has 0 saturated heterocycles. The molecule has 4 nitrogen and oxygen atoms in total. The van der Waals surface area contributed by atoms with Crippen LogP contribution < -0.4 is 9.64 Å². The summed E-state index contributed by atoms with van der Waals surface area (Å²) in [7, 11) is 0. The lowest BCUT2D eigenvalue weighted by atomic mass is 10.0. The first-order valence-electron chi connectivity index (χ1n) is 9.26. The van der Waals surface area contributed by atoms with E-state index < -0.39 is 11.7 Å². The molecule has 6 heteroatoms. The third-order valence-corrected chi connectivity index (χ3v) is 5.44. The minimum Gasteiger partial charge on any atom is -0.491 e. The van der Waals surface area contributed by atoms with Crippen molar-refractivity contribution in [3.8, 4) is 5.75 Å². The monoisotopic (exact) mass is 435 g/mol. The van der Waals surface area contributed by atoms with E-state index in [1.54, 1.807) is 24.3 Å². The summed E-state index contributed by atoms with van der Waals surface area (Å²) >= 11 is 3.39. The lowest BCUT2D eigenvalue weighted by Crippen LogP contribution is -2.33. The number of anilines is 1. The Labute approximate surface area is 167 Å². The third kappa shape index (κ3) is 3.87. The van der Waals surface area contributed by atoms with Gasteiger partial charge >= 0.3 is 0 Å². The molecular weight excluding hydrogens is 413 g/mol. The van der Waals surface area contributed by atoms with Gasteiger partial charge in [-0.3, -0.25) is 4.79 Å². The summed E-state index contributed by atoms with van der Waals surface area (Å²) in [5.74, 6) is -0.295. The maximum atomic E-state index is 14.7. The van der Waals surface area contributed by atoms with Gasteiger partial charge in [0.05, 0.1) is 18.8 Å². The first kappa shape index (κ1) is 19.8. The predicted octanol–water partition coefficient (Wildman–Crippen LogP) is 5.02. The molecule has 1 amide bonds. The number of carbonyl (C=O) groups is 1. The van der Waals surface area contributed by atoms with Crippen molar-refractivity contribution in [2.45, 2.75) is 39.2 Å². The van der Waals surface area contributed by atoms with Gasteiger partial charge in [0, 0.05) is 10.0 Å². The number of aliphatic hydroxyl groups excluding tert-OH is 1. The maximum Gasteiger partial charge on any atom is 0.265 e. The van der Waals surface area contributed by atoms with Crippen LogP contribution in [0, 0.1) is 5.82 Å². The Morgan fingerprint density at radius 3 is 2.70 bits per heavy atom. The summed E-state index contributed by atoms with van der Waals surface area (Å²) in [6, 6.07) is 8.57. The number of carbonyl (C=O) groups excluding carboxylic acids is 1. The smallest absolute Gasteiger partial charge is 0.265 e. The van der Waals surface area contributed by atoms with Gasteiger partial charge in [-0.25, -0.2) is 4.39 Å². The molecular formula is C21H23BrFNO3. The van der Waals surface area contributed by atoms with E-state index in [0.29, 0.717) is 27.4 Å². The van der Waals surface area contributed by atoms with Crippen molar-refractivity contribution in [3.05, 3.63) is 57.3 Å². The molecule has 1 heterocycles. The zero-order valence-corrected chi connectivity index (χ0v) is 17.1. The van der Waals surface area contributed by atoms with Crippen LogP contribution in [0.25, 0.3) is 0 Å². The van der Waals surface area contributed by atoms with E-state index in [1.165, 1.54) is 11.0 Å². The highest BCUT2D eigenvalue weighted by Crippen LogP contribution is 2.43. The summed E-state index contributed by atoms with van der Waals surface area (Å²) in [6.45, 7) is 4.33. The summed E-state index contributed by atoms with van der Waals surface area (Å²) < 4.78 is 21.1. The van der Waals surface area contributed by atoms with Crippen LogP contribution in [-0.2, 0) is 6.61 Å². The molecule has 144 valence electrons. The van der Waals surface area contributed by atoms with Crippen LogP contribution in [0.4, 0.5) is 10.1 Å². The Balaban J connectivity index is 0.00000102. The minimum absolute atomic E-state index is 0.0363. The lowest BCUT2D eigenvalue weighted by Gasteiger charge is -2.23. The number of ether oxygens (including phenoxy) is 1. The van der Waals surface area contributed by atoms with Gasteiger partial charge in [0.15, 0.2) is 0 Å². The largest absolute Gasteiger partial charge is 0.491 e. The van der Waals surface area contributed by atoms with E-state index >= 15 is 0 Å². The van der Waals surface area contributed by atoms with Gasteiger partial charge in [-0.1, -0.05) is 35.8 Å². The fraction of sp³-hybridized carbons (Fsp3) is 0.381. The van der Waals surface area contributed by atoms with E-state index in [0.717, 1.165) is 18.4 Å². The molecule has 1 saturated carbocycles. The Kier molecular flexibility index (Phi) is 6.17. The molecule has 1 fully saturated rings. The quantitative estimate of drug-likeness (QED) is 0.735. The second kappa shape index (κ2) is 8.40. The highest BCUT2D eigenvalue weighted by Gasteiger charge is 2.32. The highest BCUT2D eigenvalue weighted by molar-refractivity contribution is 9.10. The Morgan fingerprint density at radius 2 is 2.04 bits per heavy atom. The predicted molar refractivity (Wildman–Crippen MR) is 107 cm³/mol. The number of halogens is 2. The van der Waals surface area contributed by atoms with Gasteiger partial charge in [0.25, 0.3) is 5.91 Å². The van der Waals surface area contributed by atoms with Crippen molar-refractivity contribution in [1.82, 2.24) is 0 Å². The van der Waals surface area contributed by atoms with Gasteiger partial charge in [0.1, 0.15) is 23.7 Å². The zero-order valence-electron chi connectivity index (χ0n) is 15.5. The van der Waals surface area contributed by atoms with Crippen molar-refractivity contribution >= 4 is 27.5 Å². The fourth-order valence-electron chi connectivity index (χ4n) is 3.25. The van der Waals surface area contributed by atoms with Crippen molar-refractivity contribution < 1.29 is 19.0 Å². The summed E-state index contributed by atoms with van der Waals surface area (Å²) in [5.41, 5.74) is 2.01. The Hall–Kier alpha value is -1.92. The first-order chi connectivity index (χ1) is 13.1. The minimum atomic E-state index is -0.545. The van der Waals surface area contributed by atoms with Gasteiger partial charge < -0.3 is 14.7 Å². The molecule has 27 heavy (non-hydrogen) atoms. The lowest BCUT2D eigenvalue weighted by molar-refractivity contribution is 0.0985. The first-order valence-corrected chi connectivity index (χ1v) is 10.1. The van der Waals surface area contributed by atoms with Crippen LogP contribution in [-0.4, -0.2) is 24.2 Å². The SMILES string of the molecule is CC.O=C1c2c(F)cc(C3CC3)cc2OCCN1c1cccc(Br)c1CO. The van der Waals surface area contributed by atoms with Crippen molar-refractivity contribution in [3.63, 3.8) is 0 Å². The fourth-order valence-corrected chi connectivity index (χ4v) is 3.73. The number of benzene rings is 2. The number of amides is 1. The van der Waals surface area contributed by atoms with E-state index in [1.807, 2.05) is 13.8 Å². The second-order valence-corrected chi connectivity index (χ2v) is 7.21. The number of nitrogens with zero attached hydrogens (tertiary/aromatic N) is 1. The number of hydrogen-bond donors (Lipinski definition) is 1. The number of fused-ring (bicyclic) bond motifs is 1. The van der Waals surface area contributed by atoms with E-state index in [4.69, 9.17) is 4.74 Å².